The van der Waals surface area contributed by atoms with Gasteiger partial charge < -0.3 is 4.90 Å². The minimum atomic E-state index is 0.550. The molecule has 3 aromatic rings. The molecule has 142 valence electrons. The highest BCUT2D eigenvalue weighted by atomic mass is 32.1. The number of hydrogen-bond acceptors (Lipinski definition) is 6. The van der Waals surface area contributed by atoms with Crippen LogP contribution in [0.5, 0.6) is 0 Å². The third-order valence-electron chi connectivity index (χ3n) is 4.92. The van der Waals surface area contributed by atoms with Crippen LogP contribution in [0, 0.1) is 23.0 Å². The van der Waals surface area contributed by atoms with Gasteiger partial charge in [-0.2, -0.15) is 10.2 Å². The second-order valence-electron chi connectivity index (χ2n) is 6.88. The van der Waals surface area contributed by atoms with Gasteiger partial charge in [0, 0.05) is 37.9 Å². The molecule has 1 aliphatic heterocycles. The normalized spacial score (nSPS) is 14.8. The summed E-state index contributed by atoms with van der Waals surface area (Å²) >= 11 is 5.44. The fraction of sp³-hybridized carbons (Fsp3) is 0.300. The maximum Gasteiger partial charge on any atom is 0.217 e. The van der Waals surface area contributed by atoms with E-state index in [0.717, 1.165) is 43.4 Å². The Morgan fingerprint density at radius 3 is 2.61 bits per heavy atom. The highest BCUT2D eigenvalue weighted by Gasteiger charge is 2.20. The highest BCUT2D eigenvalue weighted by molar-refractivity contribution is 7.71. The largest absolute Gasteiger partial charge is 0.353 e. The van der Waals surface area contributed by atoms with Crippen molar-refractivity contribution < 1.29 is 0 Å². The molecule has 0 bridgehead atoms. The second-order valence-corrected chi connectivity index (χ2v) is 7.25. The zero-order valence-electron chi connectivity index (χ0n) is 15.7. The van der Waals surface area contributed by atoms with Crippen molar-refractivity contribution in [2.24, 2.45) is 0 Å². The first-order chi connectivity index (χ1) is 13.6. The maximum atomic E-state index is 9.28. The van der Waals surface area contributed by atoms with Gasteiger partial charge >= 0.3 is 0 Å². The quantitative estimate of drug-likeness (QED) is 0.689. The number of aromatic nitrogens is 4. The number of aromatic amines is 1. The first-order valence-electron chi connectivity index (χ1n) is 9.20. The topological polar surface area (TPSA) is 76.8 Å². The van der Waals surface area contributed by atoms with Crippen LogP contribution in [0.25, 0.3) is 11.4 Å². The predicted molar refractivity (Wildman–Crippen MR) is 110 cm³/mol. The van der Waals surface area contributed by atoms with Crippen LogP contribution in [-0.4, -0.2) is 50.8 Å². The molecule has 1 fully saturated rings. The average Bonchev–Trinajstić information content (AvgIpc) is 3.09. The van der Waals surface area contributed by atoms with Crippen molar-refractivity contribution in [3.8, 4) is 17.5 Å². The number of hydrogen-bond donors (Lipinski definition) is 1. The fourth-order valence-corrected chi connectivity index (χ4v) is 3.53. The van der Waals surface area contributed by atoms with Gasteiger partial charge in [-0.1, -0.05) is 29.8 Å². The number of nitrogens with zero attached hydrogens (tertiary/aromatic N) is 6. The smallest absolute Gasteiger partial charge is 0.217 e. The number of anilines is 1. The summed E-state index contributed by atoms with van der Waals surface area (Å²) in [5.74, 6) is 1.56. The van der Waals surface area contributed by atoms with Crippen LogP contribution in [0.15, 0.2) is 42.6 Å². The summed E-state index contributed by atoms with van der Waals surface area (Å²) in [7, 11) is 0. The van der Waals surface area contributed by atoms with E-state index in [1.165, 1.54) is 5.56 Å². The van der Waals surface area contributed by atoms with Crippen LogP contribution < -0.4 is 4.90 Å². The number of aryl methyl sites for hydroxylation is 1. The van der Waals surface area contributed by atoms with Crippen molar-refractivity contribution in [2.75, 3.05) is 31.1 Å². The van der Waals surface area contributed by atoms with Gasteiger partial charge in [-0.05, 0) is 31.3 Å². The molecule has 3 heterocycles. The molecule has 2 aromatic heterocycles. The van der Waals surface area contributed by atoms with Gasteiger partial charge in [0.25, 0.3) is 0 Å². The van der Waals surface area contributed by atoms with Gasteiger partial charge in [0.15, 0.2) is 5.82 Å². The van der Waals surface area contributed by atoms with E-state index in [9.17, 15) is 5.26 Å². The number of piperazine rings is 1. The number of pyridine rings is 1. The summed E-state index contributed by atoms with van der Waals surface area (Å²) in [5.41, 5.74) is 2.86. The molecule has 1 N–H and O–H groups in total. The Hall–Kier alpha value is -3.02. The van der Waals surface area contributed by atoms with Crippen molar-refractivity contribution in [2.45, 2.75) is 13.6 Å². The lowest BCUT2D eigenvalue weighted by molar-refractivity contribution is 0.194. The fourth-order valence-electron chi connectivity index (χ4n) is 3.33. The summed E-state index contributed by atoms with van der Waals surface area (Å²) in [5, 5.41) is 12.6. The third kappa shape index (κ3) is 3.81. The molecular formula is C20H21N7S. The molecule has 28 heavy (non-hydrogen) atoms. The molecule has 7 nitrogen and oxygen atoms in total. The van der Waals surface area contributed by atoms with Gasteiger partial charge in [-0.15, -0.1) is 0 Å². The lowest BCUT2D eigenvalue weighted by atomic mass is 10.1. The SMILES string of the molecule is Cc1ccc(-c2nc(=S)n(CN3CCN(c4ncccc4C#N)CC3)[nH]2)cc1. The van der Waals surface area contributed by atoms with Crippen molar-refractivity contribution in [3.05, 3.63) is 58.5 Å². The lowest BCUT2D eigenvalue weighted by Gasteiger charge is -2.35. The Morgan fingerprint density at radius 1 is 1.14 bits per heavy atom. The van der Waals surface area contributed by atoms with E-state index >= 15 is 0 Å². The molecule has 0 atom stereocenters. The average molecular weight is 392 g/mol. The summed E-state index contributed by atoms with van der Waals surface area (Å²) in [6.07, 6.45) is 1.74. The van der Waals surface area contributed by atoms with E-state index in [0.29, 0.717) is 17.0 Å². The van der Waals surface area contributed by atoms with E-state index in [-0.39, 0.29) is 0 Å². The Morgan fingerprint density at radius 2 is 1.89 bits per heavy atom. The summed E-state index contributed by atoms with van der Waals surface area (Å²) < 4.78 is 2.45. The van der Waals surface area contributed by atoms with Gasteiger partial charge in [-0.3, -0.25) is 10.00 Å². The Labute approximate surface area is 168 Å². The van der Waals surface area contributed by atoms with E-state index in [1.807, 2.05) is 22.9 Å². The molecule has 8 heteroatoms. The summed E-state index contributed by atoms with van der Waals surface area (Å²) in [6.45, 7) is 6.09. The lowest BCUT2D eigenvalue weighted by Crippen LogP contribution is -2.47. The molecule has 0 spiro atoms. The molecule has 0 radical (unpaired) electrons. The first-order valence-corrected chi connectivity index (χ1v) is 9.61. The Balaban J connectivity index is 1.42. The number of H-pyrrole nitrogens is 1. The molecule has 0 saturated carbocycles. The van der Waals surface area contributed by atoms with E-state index in [1.54, 1.807) is 12.3 Å². The molecule has 4 rings (SSSR count). The van der Waals surface area contributed by atoms with E-state index < -0.39 is 0 Å². The Bertz CT molecular complexity index is 1050. The molecule has 1 aliphatic rings. The second kappa shape index (κ2) is 7.92. The van der Waals surface area contributed by atoms with Crippen LogP contribution in [0.1, 0.15) is 11.1 Å². The third-order valence-corrected chi connectivity index (χ3v) is 5.24. The van der Waals surface area contributed by atoms with Crippen LogP contribution >= 0.6 is 12.2 Å². The number of rotatable bonds is 4. The van der Waals surface area contributed by atoms with Crippen LogP contribution in [0.3, 0.4) is 0 Å². The standard InChI is InChI=1S/C20H21N7S/c1-15-4-6-16(7-5-15)18-23-20(28)27(24-18)14-25-9-11-26(12-10-25)19-17(13-21)3-2-8-22-19/h2-8H,9-12,14H2,1H3,(H,23,24,28). The summed E-state index contributed by atoms with van der Waals surface area (Å²) in [6, 6.07) is 14.1. The first kappa shape index (κ1) is 18.3. The van der Waals surface area contributed by atoms with E-state index in [2.05, 4.69) is 50.0 Å². The maximum absolute atomic E-state index is 9.28. The minimum Gasteiger partial charge on any atom is -0.353 e. The molecule has 1 aromatic carbocycles. The van der Waals surface area contributed by atoms with Gasteiger partial charge in [0.1, 0.15) is 11.9 Å². The van der Waals surface area contributed by atoms with Crippen LogP contribution in [0.4, 0.5) is 5.82 Å². The molecule has 0 unspecified atom stereocenters. The molecule has 1 saturated heterocycles. The van der Waals surface area contributed by atoms with Crippen molar-refractivity contribution >= 4 is 18.0 Å². The predicted octanol–water partition coefficient (Wildman–Crippen LogP) is 2.96. The minimum absolute atomic E-state index is 0.550. The van der Waals surface area contributed by atoms with Gasteiger partial charge in [-0.25, -0.2) is 9.67 Å². The highest BCUT2D eigenvalue weighted by Crippen LogP contribution is 2.19. The zero-order chi connectivity index (χ0) is 19.5. The van der Waals surface area contributed by atoms with Gasteiger partial charge in [0.2, 0.25) is 4.77 Å². The number of benzene rings is 1. The van der Waals surface area contributed by atoms with Crippen LogP contribution in [-0.2, 0) is 6.67 Å². The van der Waals surface area contributed by atoms with Crippen molar-refractivity contribution in [1.29, 1.82) is 5.26 Å². The van der Waals surface area contributed by atoms with Crippen LogP contribution in [0.2, 0.25) is 0 Å². The molecular weight excluding hydrogens is 370 g/mol. The zero-order valence-corrected chi connectivity index (χ0v) is 16.5. The van der Waals surface area contributed by atoms with Gasteiger partial charge in [0.05, 0.1) is 12.2 Å². The number of nitrogens with one attached hydrogen (secondary N) is 1. The van der Waals surface area contributed by atoms with Crippen molar-refractivity contribution in [1.82, 2.24) is 24.6 Å². The van der Waals surface area contributed by atoms with Crippen molar-refractivity contribution in [3.63, 3.8) is 0 Å². The molecule has 0 amide bonds. The molecule has 0 aliphatic carbocycles. The monoisotopic (exact) mass is 391 g/mol. The number of nitriles is 1. The summed E-state index contributed by atoms with van der Waals surface area (Å²) in [4.78, 5) is 13.4. The van der Waals surface area contributed by atoms with E-state index in [4.69, 9.17) is 12.2 Å². The Kier molecular flexibility index (Phi) is 5.19.